The van der Waals surface area contributed by atoms with E-state index in [0.717, 1.165) is 6.42 Å². The van der Waals surface area contributed by atoms with Crippen LogP contribution in [0, 0.1) is 16.7 Å². The number of rotatable bonds is 0. The van der Waals surface area contributed by atoms with E-state index in [9.17, 15) is 0 Å². The molecule has 0 aliphatic carbocycles. The minimum atomic E-state index is 0.252. The fourth-order valence-electron chi connectivity index (χ4n) is 1.000. The summed E-state index contributed by atoms with van der Waals surface area (Å²) in [4.78, 5) is 1.63. The van der Waals surface area contributed by atoms with Crippen LogP contribution in [-0.2, 0) is 0 Å². The Bertz CT molecular complexity index is 162. The Kier molecular flexibility index (Phi) is 1.27. The Labute approximate surface area is 54.7 Å². The topological polar surface area (TPSA) is 50.9 Å². The Balaban J connectivity index is 2.77. The molecule has 3 nitrogen and oxygen atoms in total. The molecule has 0 aromatic carbocycles. The Morgan fingerprint density at radius 1 is 1.56 bits per heavy atom. The predicted octanol–water partition coefficient (Wildman–Crippen LogP) is 0.913. The number of nitrogens with zero attached hydrogens (tertiary/aromatic N) is 1. The molecule has 9 heavy (non-hydrogen) atoms. The van der Waals surface area contributed by atoms with Crippen LogP contribution in [0.4, 0.5) is 0 Å². The van der Waals surface area contributed by atoms with Crippen LogP contribution in [0.2, 0.25) is 0 Å². The summed E-state index contributed by atoms with van der Waals surface area (Å²) in [6.07, 6.45) is 0.731. The zero-order valence-corrected chi connectivity index (χ0v) is 5.73. The summed E-state index contributed by atoms with van der Waals surface area (Å²) in [6, 6.07) is 0. The lowest BCUT2D eigenvalue weighted by Gasteiger charge is -2.09. The highest BCUT2D eigenvalue weighted by atomic mass is 15.2. The summed E-state index contributed by atoms with van der Waals surface area (Å²) in [5.74, 6) is 1.38. The maximum atomic E-state index is 7.38. The van der Waals surface area contributed by atoms with E-state index in [0.29, 0.717) is 11.7 Å². The molecular weight excluding hydrogens is 114 g/mol. The normalized spacial score (nSPS) is 27.8. The third-order valence-electron chi connectivity index (χ3n) is 1.73. The van der Waals surface area contributed by atoms with Gasteiger partial charge < -0.3 is 4.90 Å². The maximum Gasteiger partial charge on any atom is 0.104 e. The summed E-state index contributed by atoms with van der Waals surface area (Å²) in [5.41, 5.74) is 0. The summed E-state index contributed by atoms with van der Waals surface area (Å²) < 4.78 is 0. The van der Waals surface area contributed by atoms with Gasteiger partial charge in [0, 0.05) is 19.4 Å². The van der Waals surface area contributed by atoms with E-state index in [-0.39, 0.29) is 5.92 Å². The first-order chi connectivity index (χ1) is 4.13. The van der Waals surface area contributed by atoms with Crippen LogP contribution in [0.15, 0.2) is 0 Å². The fraction of sp³-hybridized carbons (Fsp3) is 0.667. The molecule has 50 valence electrons. The number of amidine groups is 2. The van der Waals surface area contributed by atoms with Gasteiger partial charge in [-0.2, -0.15) is 0 Å². The van der Waals surface area contributed by atoms with Gasteiger partial charge in [0.15, 0.2) is 0 Å². The van der Waals surface area contributed by atoms with Gasteiger partial charge in [0.1, 0.15) is 11.7 Å². The van der Waals surface area contributed by atoms with E-state index in [1.54, 1.807) is 11.9 Å². The highest BCUT2D eigenvalue weighted by Crippen LogP contribution is 2.16. The van der Waals surface area contributed by atoms with Gasteiger partial charge in [0.05, 0.1) is 0 Å². The molecule has 1 aliphatic rings. The monoisotopic (exact) mass is 125 g/mol. The van der Waals surface area contributed by atoms with Gasteiger partial charge in [-0.05, 0) is 0 Å². The molecule has 1 atom stereocenters. The first kappa shape index (κ1) is 6.26. The number of hydrogen-bond donors (Lipinski definition) is 2. The van der Waals surface area contributed by atoms with Crippen molar-refractivity contribution in [1.29, 1.82) is 10.8 Å². The van der Waals surface area contributed by atoms with Gasteiger partial charge in [0.2, 0.25) is 0 Å². The van der Waals surface area contributed by atoms with Crippen molar-refractivity contribution in [2.45, 2.75) is 13.3 Å². The molecule has 1 rings (SSSR count). The lowest BCUT2D eigenvalue weighted by molar-refractivity contribution is 0.733. The standard InChI is InChI=1S/C6H11N3/c1-4-3-5(7)9(2)6(4)8/h4,7-8H,3H2,1-2H3. The molecular formula is C6H11N3. The second-order valence-corrected chi connectivity index (χ2v) is 2.50. The molecule has 0 saturated carbocycles. The summed E-state index contributed by atoms with van der Waals surface area (Å²) >= 11 is 0. The van der Waals surface area contributed by atoms with Crippen molar-refractivity contribution in [2.24, 2.45) is 5.92 Å². The quantitative estimate of drug-likeness (QED) is 0.496. The second kappa shape index (κ2) is 1.83. The van der Waals surface area contributed by atoms with Crippen molar-refractivity contribution >= 4 is 11.7 Å². The van der Waals surface area contributed by atoms with Crippen LogP contribution in [0.3, 0.4) is 0 Å². The first-order valence-electron chi connectivity index (χ1n) is 3.02. The number of hydrogen-bond acceptors (Lipinski definition) is 2. The third-order valence-corrected chi connectivity index (χ3v) is 1.73. The minimum absolute atomic E-state index is 0.252. The van der Waals surface area contributed by atoms with Crippen molar-refractivity contribution in [2.75, 3.05) is 7.05 Å². The molecule has 1 heterocycles. The van der Waals surface area contributed by atoms with E-state index >= 15 is 0 Å². The molecule has 1 unspecified atom stereocenters. The van der Waals surface area contributed by atoms with E-state index in [1.807, 2.05) is 6.92 Å². The van der Waals surface area contributed by atoms with Crippen LogP contribution in [0.1, 0.15) is 13.3 Å². The summed E-state index contributed by atoms with van der Waals surface area (Å²) in [5, 5.41) is 14.7. The molecule has 0 spiro atoms. The molecule has 0 amide bonds. The van der Waals surface area contributed by atoms with Crippen LogP contribution in [0.5, 0.6) is 0 Å². The van der Waals surface area contributed by atoms with Gasteiger partial charge in [-0.3, -0.25) is 10.8 Å². The van der Waals surface area contributed by atoms with Crippen molar-refractivity contribution in [3.8, 4) is 0 Å². The Morgan fingerprint density at radius 3 is 2.22 bits per heavy atom. The smallest absolute Gasteiger partial charge is 0.104 e. The maximum absolute atomic E-state index is 7.38. The predicted molar refractivity (Wildman–Crippen MR) is 37.0 cm³/mol. The average molecular weight is 125 g/mol. The Hall–Kier alpha value is -0.860. The van der Waals surface area contributed by atoms with E-state index in [2.05, 4.69) is 0 Å². The molecule has 0 radical (unpaired) electrons. The molecule has 0 bridgehead atoms. The number of nitrogens with one attached hydrogen (secondary N) is 2. The van der Waals surface area contributed by atoms with Gasteiger partial charge >= 0.3 is 0 Å². The van der Waals surface area contributed by atoms with Gasteiger partial charge in [0.25, 0.3) is 0 Å². The molecule has 1 saturated heterocycles. The second-order valence-electron chi connectivity index (χ2n) is 2.50. The van der Waals surface area contributed by atoms with Crippen LogP contribution < -0.4 is 0 Å². The van der Waals surface area contributed by atoms with Crippen LogP contribution in [0.25, 0.3) is 0 Å². The minimum Gasteiger partial charge on any atom is -0.322 e. The average Bonchev–Trinajstić information content (AvgIpc) is 1.98. The lowest BCUT2D eigenvalue weighted by Crippen LogP contribution is -2.24. The summed E-state index contributed by atoms with van der Waals surface area (Å²) in [6.45, 7) is 1.97. The number of likely N-dealkylation sites (tertiary alicyclic amines) is 1. The first-order valence-corrected chi connectivity index (χ1v) is 3.02. The fourth-order valence-corrected chi connectivity index (χ4v) is 1.000. The van der Waals surface area contributed by atoms with Crippen LogP contribution in [-0.4, -0.2) is 23.6 Å². The highest BCUT2D eigenvalue weighted by molar-refractivity contribution is 6.05. The van der Waals surface area contributed by atoms with Crippen molar-refractivity contribution in [3.63, 3.8) is 0 Å². The Morgan fingerprint density at radius 2 is 2.11 bits per heavy atom. The van der Waals surface area contributed by atoms with Crippen molar-refractivity contribution in [3.05, 3.63) is 0 Å². The highest BCUT2D eigenvalue weighted by Gasteiger charge is 2.25. The van der Waals surface area contributed by atoms with Crippen LogP contribution >= 0.6 is 0 Å². The lowest BCUT2D eigenvalue weighted by atomic mass is 10.1. The molecule has 0 aromatic heterocycles. The zero-order valence-electron chi connectivity index (χ0n) is 5.73. The third kappa shape index (κ3) is 0.823. The van der Waals surface area contributed by atoms with Gasteiger partial charge in [-0.15, -0.1) is 0 Å². The summed E-state index contributed by atoms with van der Waals surface area (Å²) in [7, 11) is 1.77. The van der Waals surface area contributed by atoms with Gasteiger partial charge in [-0.25, -0.2) is 0 Å². The van der Waals surface area contributed by atoms with Gasteiger partial charge in [-0.1, -0.05) is 6.92 Å². The van der Waals surface area contributed by atoms with E-state index in [1.165, 1.54) is 0 Å². The largest absolute Gasteiger partial charge is 0.322 e. The molecule has 2 N–H and O–H groups in total. The zero-order chi connectivity index (χ0) is 7.02. The molecule has 1 aliphatic heterocycles. The van der Waals surface area contributed by atoms with E-state index < -0.39 is 0 Å². The molecule has 1 fully saturated rings. The molecule has 0 aromatic rings. The van der Waals surface area contributed by atoms with Crippen molar-refractivity contribution in [1.82, 2.24) is 4.90 Å². The SMILES string of the molecule is CC1CC(=N)N(C)C1=N. The van der Waals surface area contributed by atoms with E-state index in [4.69, 9.17) is 10.8 Å². The van der Waals surface area contributed by atoms with Crippen molar-refractivity contribution < 1.29 is 0 Å². The molecule has 3 heteroatoms.